The molecule has 0 aliphatic rings. The van der Waals surface area contributed by atoms with Gasteiger partial charge in [0.2, 0.25) is 0 Å². The number of anilines is 1. The zero-order chi connectivity index (χ0) is 21.5. The van der Waals surface area contributed by atoms with Gasteiger partial charge in [-0.15, -0.1) is 0 Å². The normalized spacial score (nSPS) is 13.0. The maximum atomic E-state index is 12.4. The fraction of sp³-hybridized carbons (Fsp3) is 0.231. The molecule has 1 unspecified atom stereocenters. The molecule has 1 atom stereocenters. The van der Waals surface area contributed by atoms with Crippen molar-refractivity contribution in [2.45, 2.75) is 39.7 Å². The first-order chi connectivity index (χ1) is 14.4. The van der Waals surface area contributed by atoms with E-state index in [0.29, 0.717) is 5.92 Å². The third-order valence-electron chi connectivity index (χ3n) is 5.00. The fourth-order valence-corrected chi connectivity index (χ4v) is 3.22. The summed E-state index contributed by atoms with van der Waals surface area (Å²) in [5.41, 5.74) is 6.94. The second-order valence-electron chi connectivity index (χ2n) is 7.84. The van der Waals surface area contributed by atoms with E-state index in [2.05, 4.69) is 66.1 Å². The number of nitrogens with one attached hydrogen (secondary N) is 2. The molecule has 0 heterocycles. The van der Waals surface area contributed by atoms with Crippen molar-refractivity contribution in [1.29, 1.82) is 0 Å². The summed E-state index contributed by atoms with van der Waals surface area (Å²) in [5, 5.41) is 9.60. The van der Waals surface area contributed by atoms with Gasteiger partial charge in [0.15, 0.2) is 0 Å². The summed E-state index contributed by atoms with van der Waals surface area (Å²) in [5.74, 6) is 0.332. The van der Waals surface area contributed by atoms with Gasteiger partial charge in [0.1, 0.15) is 6.04 Å². The Bertz CT molecular complexity index is 1060. The van der Waals surface area contributed by atoms with Crippen molar-refractivity contribution in [3.05, 3.63) is 83.4 Å². The van der Waals surface area contributed by atoms with Crippen LogP contribution >= 0.6 is 0 Å². The van der Waals surface area contributed by atoms with Crippen LogP contribution in [-0.4, -0.2) is 18.2 Å². The largest absolute Gasteiger partial charge is 0.373 e. The van der Waals surface area contributed by atoms with Gasteiger partial charge >= 0.3 is 0 Å². The van der Waals surface area contributed by atoms with Gasteiger partial charge in [0, 0.05) is 11.1 Å². The highest BCUT2D eigenvalue weighted by atomic mass is 16.2. The van der Waals surface area contributed by atoms with Crippen LogP contribution in [0.1, 0.15) is 44.7 Å². The molecular weight excluding hydrogens is 370 g/mol. The summed E-state index contributed by atoms with van der Waals surface area (Å²) in [7, 11) is 0. The zero-order valence-corrected chi connectivity index (χ0v) is 18.0. The maximum absolute atomic E-state index is 12.4. The van der Waals surface area contributed by atoms with Crippen LogP contribution in [0.4, 0.5) is 5.69 Å². The average Bonchev–Trinajstić information content (AvgIpc) is 2.74. The third-order valence-corrected chi connectivity index (χ3v) is 5.00. The summed E-state index contributed by atoms with van der Waals surface area (Å²) in [6.45, 7) is 8.15. The van der Waals surface area contributed by atoms with Crippen LogP contribution in [0.15, 0.2) is 77.4 Å². The zero-order valence-electron chi connectivity index (χ0n) is 18.0. The van der Waals surface area contributed by atoms with Gasteiger partial charge in [-0.05, 0) is 47.9 Å². The maximum Gasteiger partial charge on any atom is 0.262 e. The minimum absolute atomic E-state index is 0.187. The summed E-state index contributed by atoms with van der Waals surface area (Å²) in [6.07, 6.45) is 3.70. The van der Waals surface area contributed by atoms with Crippen LogP contribution in [0.2, 0.25) is 0 Å². The molecule has 0 fully saturated rings. The van der Waals surface area contributed by atoms with E-state index in [1.807, 2.05) is 50.3 Å². The quantitative estimate of drug-likeness (QED) is 0.380. The fourth-order valence-electron chi connectivity index (χ4n) is 3.22. The van der Waals surface area contributed by atoms with Gasteiger partial charge in [-0.1, -0.05) is 80.6 Å². The standard InChI is InChI=1S/C26H29N3O/c1-18(2)22-14-12-21(13-15-22)16-19(3)17-27-29-26(30)20(4)28-25-11-7-9-23-8-5-6-10-24(23)25/h5-18,20,28H,1-4H3,(H,29,30). The first-order valence-electron chi connectivity index (χ1n) is 10.3. The Balaban J connectivity index is 1.58. The lowest BCUT2D eigenvalue weighted by Gasteiger charge is -2.15. The number of amides is 1. The van der Waals surface area contributed by atoms with Gasteiger partial charge in [-0.3, -0.25) is 4.79 Å². The number of carbonyl (C=O) groups is 1. The molecule has 3 aromatic rings. The number of carbonyl (C=O) groups excluding carboxylic acids is 1. The molecule has 0 saturated carbocycles. The van der Waals surface area contributed by atoms with Crippen molar-refractivity contribution in [3.8, 4) is 0 Å². The van der Waals surface area contributed by atoms with Gasteiger partial charge in [0.25, 0.3) is 5.91 Å². The first kappa shape index (κ1) is 21.3. The van der Waals surface area contributed by atoms with Crippen molar-refractivity contribution in [3.63, 3.8) is 0 Å². The number of nitrogens with zero attached hydrogens (tertiary/aromatic N) is 1. The molecule has 154 valence electrons. The van der Waals surface area contributed by atoms with Crippen LogP contribution in [0.3, 0.4) is 0 Å². The minimum Gasteiger partial charge on any atom is -0.373 e. The molecule has 30 heavy (non-hydrogen) atoms. The minimum atomic E-state index is -0.416. The van der Waals surface area contributed by atoms with E-state index >= 15 is 0 Å². The van der Waals surface area contributed by atoms with E-state index in [0.717, 1.165) is 27.6 Å². The van der Waals surface area contributed by atoms with Crippen molar-refractivity contribution >= 4 is 34.7 Å². The van der Waals surface area contributed by atoms with E-state index < -0.39 is 6.04 Å². The van der Waals surface area contributed by atoms with Gasteiger partial charge in [0.05, 0.1) is 6.21 Å². The molecule has 3 aromatic carbocycles. The van der Waals surface area contributed by atoms with E-state index in [1.54, 1.807) is 6.21 Å². The molecule has 3 rings (SSSR count). The van der Waals surface area contributed by atoms with Crippen LogP contribution < -0.4 is 10.7 Å². The summed E-state index contributed by atoms with van der Waals surface area (Å²) >= 11 is 0. The third kappa shape index (κ3) is 5.57. The van der Waals surface area contributed by atoms with Crippen molar-refractivity contribution in [2.24, 2.45) is 5.10 Å². The van der Waals surface area contributed by atoms with Crippen LogP contribution in [-0.2, 0) is 4.79 Å². The number of fused-ring (bicyclic) bond motifs is 1. The van der Waals surface area contributed by atoms with Crippen molar-refractivity contribution in [2.75, 3.05) is 5.32 Å². The highest BCUT2D eigenvalue weighted by Gasteiger charge is 2.12. The topological polar surface area (TPSA) is 53.5 Å². The number of allylic oxidation sites excluding steroid dienone is 1. The summed E-state index contributed by atoms with van der Waals surface area (Å²) < 4.78 is 0. The summed E-state index contributed by atoms with van der Waals surface area (Å²) in [6, 6.07) is 22.2. The number of benzene rings is 3. The van der Waals surface area contributed by atoms with Gasteiger partial charge in [-0.25, -0.2) is 5.43 Å². The Labute approximate surface area is 178 Å². The lowest BCUT2D eigenvalue weighted by atomic mass is 10.0. The van der Waals surface area contributed by atoms with E-state index in [9.17, 15) is 4.79 Å². The molecule has 4 nitrogen and oxygen atoms in total. The molecule has 2 N–H and O–H groups in total. The molecule has 0 aliphatic heterocycles. The van der Waals surface area contributed by atoms with Crippen LogP contribution in [0.5, 0.6) is 0 Å². The second kappa shape index (κ2) is 9.88. The smallest absolute Gasteiger partial charge is 0.262 e. The monoisotopic (exact) mass is 399 g/mol. The molecule has 4 heteroatoms. The number of hydrogen-bond donors (Lipinski definition) is 2. The van der Waals surface area contributed by atoms with E-state index in [4.69, 9.17) is 0 Å². The highest BCUT2D eigenvalue weighted by Crippen LogP contribution is 2.23. The first-order valence-corrected chi connectivity index (χ1v) is 10.3. The predicted molar refractivity (Wildman–Crippen MR) is 128 cm³/mol. The molecule has 0 aliphatic carbocycles. The number of rotatable bonds is 7. The van der Waals surface area contributed by atoms with Gasteiger partial charge < -0.3 is 5.32 Å². The highest BCUT2D eigenvalue weighted by molar-refractivity contribution is 5.96. The van der Waals surface area contributed by atoms with E-state index in [-0.39, 0.29) is 5.91 Å². The molecule has 1 amide bonds. The number of hydrogen-bond acceptors (Lipinski definition) is 3. The SMILES string of the molecule is CC(C=NNC(=O)C(C)Nc1cccc2ccccc12)=Cc1ccc(C(C)C)cc1. The van der Waals surface area contributed by atoms with Crippen LogP contribution in [0, 0.1) is 0 Å². The molecule has 0 aromatic heterocycles. The van der Waals surface area contributed by atoms with E-state index in [1.165, 1.54) is 5.56 Å². The summed E-state index contributed by atoms with van der Waals surface area (Å²) in [4.78, 5) is 12.4. The van der Waals surface area contributed by atoms with Crippen molar-refractivity contribution < 1.29 is 4.79 Å². The van der Waals surface area contributed by atoms with Gasteiger partial charge in [-0.2, -0.15) is 5.10 Å². The Hall–Kier alpha value is -3.40. The predicted octanol–water partition coefficient (Wildman–Crippen LogP) is 5.97. The second-order valence-corrected chi connectivity index (χ2v) is 7.84. The Kier molecular flexibility index (Phi) is 7.02. The average molecular weight is 400 g/mol. The molecule has 0 saturated heterocycles. The van der Waals surface area contributed by atoms with Crippen LogP contribution in [0.25, 0.3) is 16.8 Å². The lowest BCUT2D eigenvalue weighted by Crippen LogP contribution is -2.34. The Morgan fingerprint density at radius 2 is 1.63 bits per heavy atom. The Morgan fingerprint density at radius 1 is 0.933 bits per heavy atom. The lowest BCUT2D eigenvalue weighted by molar-refractivity contribution is -0.121. The number of hydrazone groups is 1. The molecule has 0 bridgehead atoms. The van der Waals surface area contributed by atoms with Crippen molar-refractivity contribution in [1.82, 2.24) is 5.43 Å². The molecule has 0 spiro atoms. The molecular formula is C26H29N3O. The molecule has 0 radical (unpaired) electrons. The Morgan fingerprint density at radius 3 is 2.37 bits per heavy atom.